The molecule has 0 fully saturated rings. The van der Waals surface area contributed by atoms with Crippen molar-refractivity contribution in [3.63, 3.8) is 0 Å². The summed E-state index contributed by atoms with van der Waals surface area (Å²) >= 11 is 6.38. The van der Waals surface area contributed by atoms with Crippen LogP contribution in [0.25, 0.3) is 11.2 Å². The lowest BCUT2D eigenvalue weighted by molar-refractivity contribution is 0.0952. The van der Waals surface area contributed by atoms with E-state index in [1.165, 1.54) is 6.42 Å². The van der Waals surface area contributed by atoms with E-state index in [4.69, 9.17) is 31.0 Å². The van der Waals surface area contributed by atoms with Gasteiger partial charge in [0.2, 0.25) is 0 Å². The quantitative estimate of drug-likeness (QED) is 0.660. The van der Waals surface area contributed by atoms with Gasteiger partial charge in [-0.2, -0.15) is 0 Å². The van der Waals surface area contributed by atoms with Crippen LogP contribution in [0.15, 0.2) is 18.2 Å². The molecule has 0 saturated carbocycles. The Hall–Kier alpha value is -2.80. The Morgan fingerprint density at radius 2 is 2.00 bits per heavy atom. The first kappa shape index (κ1) is 20.1. The van der Waals surface area contributed by atoms with Gasteiger partial charge < -0.3 is 19.4 Å². The van der Waals surface area contributed by atoms with Crippen molar-refractivity contribution in [1.82, 2.24) is 19.9 Å². The fourth-order valence-corrected chi connectivity index (χ4v) is 4.54. The molecule has 31 heavy (non-hydrogen) atoms. The third-order valence-corrected chi connectivity index (χ3v) is 6.03. The van der Waals surface area contributed by atoms with Crippen molar-refractivity contribution in [2.24, 2.45) is 0 Å². The molecule has 0 saturated heterocycles. The average Bonchev–Trinajstić information content (AvgIpc) is 2.95. The van der Waals surface area contributed by atoms with E-state index in [2.05, 4.69) is 9.88 Å². The summed E-state index contributed by atoms with van der Waals surface area (Å²) in [4.78, 5) is 22.6. The van der Waals surface area contributed by atoms with E-state index in [1.807, 2.05) is 25.1 Å². The zero-order chi connectivity index (χ0) is 21.4. The van der Waals surface area contributed by atoms with Crippen molar-refractivity contribution >= 4 is 28.7 Å². The number of rotatable bonds is 3. The molecular weight excluding hydrogens is 416 g/mol. The number of benzene rings is 1. The van der Waals surface area contributed by atoms with Gasteiger partial charge in [-0.05, 0) is 43.5 Å². The van der Waals surface area contributed by atoms with Crippen LogP contribution in [0.5, 0.6) is 11.5 Å². The number of nitrogens with zero attached hydrogens (tertiary/aromatic N) is 3. The predicted octanol–water partition coefficient (Wildman–Crippen LogP) is 4.21. The lowest BCUT2D eigenvalue weighted by Gasteiger charge is -2.12. The smallest absolute Gasteiger partial charge is 0.253 e. The molecule has 0 unspecified atom stereocenters. The van der Waals surface area contributed by atoms with Crippen LogP contribution in [-0.2, 0) is 19.5 Å². The second-order valence-electron chi connectivity index (χ2n) is 8.11. The van der Waals surface area contributed by atoms with Gasteiger partial charge in [0.25, 0.3) is 5.91 Å². The maximum atomic E-state index is 13.1. The number of hydrogen-bond acceptors (Lipinski definition) is 5. The molecule has 0 bridgehead atoms. The summed E-state index contributed by atoms with van der Waals surface area (Å²) in [6.07, 6.45) is 5.16. The molecule has 0 atom stereocenters. The number of nitrogens with one attached hydrogen (secondary N) is 1. The molecule has 8 heteroatoms. The summed E-state index contributed by atoms with van der Waals surface area (Å²) < 4.78 is 13.6. The molecule has 0 aliphatic carbocycles. The summed E-state index contributed by atoms with van der Waals surface area (Å²) in [6.45, 7) is 4.30. The van der Waals surface area contributed by atoms with Gasteiger partial charge in [-0.1, -0.05) is 18.0 Å². The first-order valence-corrected chi connectivity index (χ1v) is 11.2. The van der Waals surface area contributed by atoms with E-state index < -0.39 is 0 Å². The van der Waals surface area contributed by atoms with Crippen LogP contribution >= 0.6 is 11.6 Å². The number of amides is 1. The molecule has 1 N–H and O–H groups in total. The first-order chi connectivity index (χ1) is 15.1. The molecule has 1 amide bonds. The number of pyridine rings is 1. The highest BCUT2D eigenvalue weighted by Crippen LogP contribution is 2.38. The first-order valence-electron chi connectivity index (χ1n) is 10.8. The van der Waals surface area contributed by atoms with Crippen LogP contribution in [0.3, 0.4) is 0 Å². The van der Waals surface area contributed by atoms with E-state index in [1.54, 1.807) is 0 Å². The van der Waals surface area contributed by atoms with Crippen molar-refractivity contribution in [3.05, 3.63) is 45.9 Å². The Balaban J connectivity index is 1.41. The van der Waals surface area contributed by atoms with Crippen LogP contribution in [-0.4, -0.2) is 33.7 Å². The van der Waals surface area contributed by atoms with Gasteiger partial charge in [0.1, 0.15) is 11.3 Å². The van der Waals surface area contributed by atoms with Crippen molar-refractivity contribution in [3.8, 4) is 11.5 Å². The Morgan fingerprint density at radius 3 is 2.90 bits per heavy atom. The summed E-state index contributed by atoms with van der Waals surface area (Å²) in [6, 6.07) is 5.49. The highest BCUT2D eigenvalue weighted by molar-refractivity contribution is 6.32. The van der Waals surface area contributed by atoms with Gasteiger partial charge >= 0.3 is 0 Å². The fourth-order valence-electron chi connectivity index (χ4n) is 4.25. The number of imidazole rings is 1. The number of aromatic nitrogens is 3. The molecule has 5 rings (SSSR count). The van der Waals surface area contributed by atoms with E-state index >= 15 is 0 Å². The van der Waals surface area contributed by atoms with Crippen LogP contribution in [0.1, 0.15) is 53.1 Å². The summed E-state index contributed by atoms with van der Waals surface area (Å²) in [5.41, 5.74) is 3.70. The number of halogens is 1. The van der Waals surface area contributed by atoms with E-state index in [0.29, 0.717) is 47.4 Å². The molecular formula is C23H25ClN4O3. The van der Waals surface area contributed by atoms with Gasteiger partial charge in [0, 0.05) is 31.6 Å². The average molecular weight is 441 g/mol. The van der Waals surface area contributed by atoms with E-state index in [-0.39, 0.29) is 5.91 Å². The summed E-state index contributed by atoms with van der Waals surface area (Å²) in [5, 5.41) is 3.50. The van der Waals surface area contributed by atoms with E-state index in [9.17, 15) is 4.79 Å². The van der Waals surface area contributed by atoms with E-state index in [0.717, 1.165) is 55.0 Å². The number of aryl methyl sites for hydroxylation is 3. The van der Waals surface area contributed by atoms with Gasteiger partial charge in [0.15, 0.2) is 17.1 Å². The third-order valence-electron chi connectivity index (χ3n) is 5.75. The van der Waals surface area contributed by atoms with Crippen LogP contribution in [0, 0.1) is 6.92 Å². The van der Waals surface area contributed by atoms with Crippen molar-refractivity contribution in [2.45, 2.75) is 52.1 Å². The van der Waals surface area contributed by atoms with Crippen LogP contribution in [0.2, 0.25) is 5.02 Å². The molecule has 0 spiro atoms. The minimum absolute atomic E-state index is 0.174. The monoisotopic (exact) mass is 440 g/mol. The molecule has 0 radical (unpaired) electrons. The molecule has 2 aromatic heterocycles. The molecule has 2 aliphatic heterocycles. The number of carbonyl (C=O) groups excluding carboxylic acids is 1. The second-order valence-corrected chi connectivity index (χ2v) is 8.52. The number of fused-ring (bicyclic) bond motifs is 4. The number of ether oxygens (including phenoxy) is 2. The minimum atomic E-state index is -0.174. The summed E-state index contributed by atoms with van der Waals surface area (Å²) in [7, 11) is 0. The lowest BCUT2D eigenvalue weighted by Crippen LogP contribution is -2.23. The minimum Gasteiger partial charge on any atom is -0.489 e. The maximum Gasteiger partial charge on any atom is 0.253 e. The Bertz CT molecular complexity index is 1160. The maximum absolute atomic E-state index is 13.1. The lowest BCUT2D eigenvalue weighted by atomic mass is 10.1. The van der Waals surface area contributed by atoms with Gasteiger partial charge in [0.05, 0.1) is 23.8 Å². The SMILES string of the molecule is Cc1cc(C(=O)NCc2cc(Cl)c3c(c2)OCCCO3)c2nc3n(c2n1)CCCCC3. The summed E-state index contributed by atoms with van der Waals surface area (Å²) in [5.74, 6) is 2.04. The largest absolute Gasteiger partial charge is 0.489 e. The number of hydrogen-bond donors (Lipinski definition) is 1. The van der Waals surface area contributed by atoms with Crippen molar-refractivity contribution in [1.29, 1.82) is 0 Å². The molecule has 162 valence electrons. The van der Waals surface area contributed by atoms with Crippen molar-refractivity contribution in [2.75, 3.05) is 13.2 Å². The molecule has 2 aliphatic rings. The zero-order valence-corrected chi connectivity index (χ0v) is 18.3. The zero-order valence-electron chi connectivity index (χ0n) is 17.5. The topological polar surface area (TPSA) is 78.3 Å². The van der Waals surface area contributed by atoms with Crippen molar-refractivity contribution < 1.29 is 14.3 Å². The van der Waals surface area contributed by atoms with Crippen LogP contribution < -0.4 is 14.8 Å². The normalized spacial score (nSPS) is 15.8. The highest BCUT2D eigenvalue weighted by Gasteiger charge is 2.21. The highest BCUT2D eigenvalue weighted by atomic mass is 35.5. The fraction of sp³-hybridized carbons (Fsp3) is 0.435. The predicted molar refractivity (Wildman–Crippen MR) is 118 cm³/mol. The Morgan fingerprint density at radius 1 is 1.13 bits per heavy atom. The molecule has 4 heterocycles. The third kappa shape index (κ3) is 3.94. The van der Waals surface area contributed by atoms with Gasteiger partial charge in [-0.25, -0.2) is 9.97 Å². The standard InChI is InChI=1S/C23H25ClN4O3/c1-14-10-16(20-22(26-14)28-7-4-2-3-6-19(28)27-20)23(29)25-13-15-11-17(24)21-18(12-15)30-8-5-9-31-21/h10-12H,2-9,13H2,1H3,(H,25,29). The van der Waals surface area contributed by atoms with Gasteiger partial charge in [-0.15, -0.1) is 0 Å². The molecule has 1 aromatic carbocycles. The molecule has 3 aromatic rings. The Labute approximate surface area is 185 Å². The van der Waals surface area contributed by atoms with Gasteiger partial charge in [-0.3, -0.25) is 4.79 Å². The number of carbonyl (C=O) groups is 1. The molecule has 7 nitrogen and oxygen atoms in total. The van der Waals surface area contributed by atoms with Crippen LogP contribution in [0.4, 0.5) is 0 Å². The Kier molecular flexibility index (Phi) is 5.44. The second kappa shape index (κ2) is 8.38.